The van der Waals surface area contributed by atoms with Crippen molar-refractivity contribution in [2.75, 3.05) is 6.61 Å². The van der Waals surface area contributed by atoms with E-state index in [4.69, 9.17) is 20.7 Å². The van der Waals surface area contributed by atoms with Crippen LogP contribution < -0.4 is 10.5 Å². The number of azide groups is 1. The van der Waals surface area contributed by atoms with E-state index in [-0.39, 0.29) is 29.6 Å². The Bertz CT molecular complexity index is 1080. The summed E-state index contributed by atoms with van der Waals surface area (Å²) >= 11 is 0. The van der Waals surface area contributed by atoms with Crippen molar-refractivity contribution in [2.24, 2.45) is 10.8 Å². The summed E-state index contributed by atoms with van der Waals surface area (Å²) in [5.41, 5.74) is 14.3. The van der Waals surface area contributed by atoms with Crippen LogP contribution in [0.25, 0.3) is 10.4 Å². The highest BCUT2D eigenvalue weighted by atomic mass is 16.7. The van der Waals surface area contributed by atoms with E-state index >= 15 is 0 Å². The Labute approximate surface area is 258 Å². The van der Waals surface area contributed by atoms with Crippen LogP contribution in [0.1, 0.15) is 103 Å². The first-order valence-electron chi connectivity index (χ1n) is 15.7. The number of nitro groups is 1. The molecule has 1 aromatic carbocycles. The number of hydrogen-bond acceptors (Lipinski definition) is 11. The predicted octanol–water partition coefficient (Wildman–Crippen LogP) is 4.85. The molecule has 1 heterocycles. The molecule has 1 saturated heterocycles. The van der Waals surface area contributed by atoms with Gasteiger partial charge in [-0.1, -0.05) is 69.8 Å². The number of ether oxygens (including phenoxy) is 2. The van der Waals surface area contributed by atoms with Gasteiger partial charge in [-0.15, -0.1) is 0 Å². The van der Waals surface area contributed by atoms with E-state index in [1.807, 2.05) is 0 Å². The molecule has 0 amide bonds. The van der Waals surface area contributed by atoms with E-state index < -0.39 is 47.5 Å². The lowest BCUT2D eigenvalue weighted by molar-refractivity contribution is -0.386. The molecule has 0 bridgehead atoms. The molecule has 6 atom stereocenters. The minimum atomic E-state index is -2.45. The maximum absolute atomic E-state index is 12.6. The molecule has 2 rings (SSSR count). The summed E-state index contributed by atoms with van der Waals surface area (Å²) in [6, 6.07) is 2.70. The zero-order valence-electron chi connectivity index (χ0n) is 25.6. The third-order valence-corrected chi connectivity index (χ3v) is 8.11. The molecule has 248 valence electrons. The number of hydrogen-bond donors (Lipinski definition) is 5. The van der Waals surface area contributed by atoms with Gasteiger partial charge < -0.3 is 35.6 Å². The molecule has 1 aromatic rings. The fourth-order valence-electron chi connectivity index (χ4n) is 5.44. The van der Waals surface area contributed by atoms with Gasteiger partial charge in [0.15, 0.2) is 11.5 Å². The highest BCUT2D eigenvalue weighted by molar-refractivity contribution is 5.86. The van der Waals surface area contributed by atoms with E-state index in [9.17, 15) is 35.3 Å². The number of carbonyl (C=O) groups is 1. The average Bonchev–Trinajstić information content (AvgIpc) is 3.01. The molecular weight excluding hydrogens is 574 g/mol. The molecule has 6 N–H and O–H groups in total. The Kier molecular flexibility index (Phi) is 16.6. The first-order valence-corrected chi connectivity index (χ1v) is 15.7. The van der Waals surface area contributed by atoms with Crippen molar-refractivity contribution < 1.29 is 39.6 Å². The third kappa shape index (κ3) is 11.3. The van der Waals surface area contributed by atoms with Gasteiger partial charge in [0.05, 0.1) is 23.7 Å². The van der Waals surface area contributed by atoms with Crippen LogP contribution in [0.15, 0.2) is 23.3 Å². The van der Waals surface area contributed by atoms with Crippen LogP contribution in [0.2, 0.25) is 0 Å². The predicted molar refractivity (Wildman–Crippen MR) is 163 cm³/mol. The molecule has 0 aromatic heterocycles. The van der Waals surface area contributed by atoms with E-state index in [2.05, 4.69) is 16.9 Å². The Morgan fingerprint density at radius 2 is 1.68 bits per heavy atom. The summed E-state index contributed by atoms with van der Waals surface area (Å²) < 4.78 is 11.3. The molecule has 0 radical (unpaired) electrons. The Balaban J connectivity index is 1.72. The summed E-state index contributed by atoms with van der Waals surface area (Å²) in [4.78, 5) is 26.4. The van der Waals surface area contributed by atoms with Crippen molar-refractivity contribution in [1.82, 2.24) is 0 Å². The number of aliphatic hydroxyl groups is 4. The van der Waals surface area contributed by atoms with E-state index in [0.717, 1.165) is 83.5 Å². The van der Waals surface area contributed by atoms with Crippen LogP contribution in [0, 0.1) is 10.1 Å². The summed E-state index contributed by atoms with van der Waals surface area (Å²) in [6.45, 7) is 1.46. The SMILES string of the molecule is CCCCCCC(CCCCCCCCCCC(=O)C1(O)O[C@H](CO)[C@@H](O)[C@H](O)[C@H]1N)Oc1ccc(N=[N+]=[N-])cc1[N+](=O)[O-]. The molecule has 1 fully saturated rings. The standard InChI is InChI=1S/C30H49N5O9/c1-2-3-4-11-14-22(43-24-18-17-21(33-34-32)19-23(24)35(41)42)15-12-9-7-5-6-8-10-13-16-26(37)30(40)29(31)28(39)27(38)25(20-36)44-30/h17-19,22,25,27-29,36,38-40H,2-16,20,31H2,1H3/t22?,25-,27-,28+,29-,30?/m1/s1. The van der Waals surface area contributed by atoms with Gasteiger partial charge in [-0.05, 0) is 49.8 Å². The second-order valence-electron chi connectivity index (χ2n) is 11.5. The normalized spacial score (nSPS) is 24.0. The number of nitrogens with two attached hydrogens (primary N) is 1. The van der Waals surface area contributed by atoms with Crippen LogP contribution in [0.4, 0.5) is 11.4 Å². The van der Waals surface area contributed by atoms with Crippen LogP contribution in [-0.4, -0.2) is 74.0 Å². The zero-order chi connectivity index (χ0) is 32.5. The summed E-state index contributed by atoms with van der Waals surface area (Å²) in [7, 11) is 0. The summed E-state index contributed by atoms with van der Waals surface area (Å²) in [5, 5.41) is 54.9. The van der Waals surface area contributed by atoms with Crippen LogP contribution in [-0.2, 0) is 9.53 Å². The molecule has 0 aliphatic carbocycles. The molecule has 44 heavy (non-hydrogen) atoms. The molecule has 0 saturated carbocycles. The average molecular weight is 624 g/mol. The van der Waals surface area contributed by atoms with Gasteiger partial charge in [-0.3, -0.25) is 14.9 Å². The highest BCUT2D eigenvalue weighted by Gasteiger charge is 2.55. The Morgan fingerprint density at radius 1 is 1.09 bits per heavy atom. The number of rotatable bonds is 22. The lowest BCUT2D eigenvalue weighted by Crippen LogP contribution is -2.71. The zero-order valence-corrected chi connectivity index (χ0v) is 25.6. The van der Waals surface area contributed by atoms with Crippen molar-refractivity contribution in [2.45, 2.75) is 139 Å². The quantitative estimate of drug-likeness (QED) is 0.0294. The monoisotopic (exact) mass is 623 g/mol. The fraction of sp³-hybridized carbons (Fsp3) is 0.767. The Hall–Kier alpha value is -2.84. The second kappa shape index (κ2) is 19.5. The van der Waals surface area contributed by atoms with Gasteiger partial charge in [-0.25, -0.2) is 0 Å². The molecule has 14 heteroatoms. The third-order valence-electron chi connectivity index (χ3n) is 8.11. The van der Waals surface area contributed by atoms with Gasteiger partial charge in [-0.2, -0.15) is 0 Å². The molecule has 1 aliphatic rings. The van der Waals surface area contributed by atoms with Crippen LogP contribution in [0.3, 0.4) is 0 Å². The molecule has 0 spiro atoms. The number of aliphatic hydroxyl groups excluding tert-OH is 3. The van der Waals surface area contributed by atoms with Crippen LogP contribution in [0.5, 0.6) is 5.75 Å². The maximum Gasteiger partial charge on any atom is 0.311 e. The fourth-order valence-corrected chi connectivity index (χ4v) is 5.44. The van der Waals surface area contributed by atoms with Gasteiger partial charge >= 0.3 is 5.69 Å². The van der Waals surface area contributed by atoms with Gasteiger partial charge in [0.1, 0.15) is 18.3 Å². The number of carbonyl (C=O) groups excluding carboxylic acids is 1. The smallest absolute Gasteiger partial charge is 0.311 e. The number of unbranched alkanes of at least 4 members (excludes halogenated alkanes) is 10. The number of nitrogens with zero attached hydrogens (tertiary/aromatic N) is 4. The minimum absolute atomic E-state index is 0.00274. The van der Waals surface area contributed by atoms with Crippen molar-refractivity contribution in [3.63, 3.8) is 0 Å². The summed E-state index contributed by atoms with van der Waals surface area (Å²) in [5.74, 6) is -2.96. The van der Waals surface area contributed by atoms with E-state index in [1.54, 1.807) is 0 Å². The largest absolute Gasteiger partial charge is 0.484 e. The first-order chi connectivity index (χ1) is 21.1. The van der Waals surface area contributed by atoms with E-state index in [1.165, 1.54) is 18.2 Å². The number of benzene rings is 1. The number of nitro benzene ring substituents is 1. The van der Waals surface area contributed by atoms with Gasteiger partial charge in [0.2, 0.25) is 5.79 Å². The minimum Gasteiger partial charge on any atom is -0.484 e. The molecule has 1 aliphatic heterocycles. The first kappa shape index (κ1) is 37.3. The van der Waals surface area contributed by atoms with Gasteiger partial charge in [0, 0.05) is 23.1 Å². The lowest BCUT2D eigenvalue weighted by atomic mass is 9.87. The lowest BCUT2D eigenvalue weighted by Gasteiger charge is -2.45. The Morgan fingerprint density at radius 3 is 2.25 bits per heavy atom. The molecule has 14 nitrogen and oxygen atoms in total. The summed E-state index contributed by atoms with van der Waals surface area (Å²) in [6.07, 6.45) is 8.41. The number of Topliss-reactive ketones (excluding diaryl/α,β-unsaturated/α-hetero) is 1. The molecule has 2 unspecified atom stereocenters. The highest BCUT2D eigenvalue weighted by Crippen LogP contribution is 2.34. The van der Waals surface area contributed by atoms with Gasteiger partial charge in [0.25, 0.3) is 0 Å². The maximum atomic E-state index is 12.6. The second-order valence-corrected chi connectivity index (χ2v) is 11.5. The molecular formula is C30H49N5O9. The topological polar surface area (TPSA) is 234 Å². The van der Waals surface area contributed by atoms with E-state index in [0.29, 0.717) is 6.42 Å². The van der Waals surface area contributed by atoms with Crippen molar-refractivity contribution in [1.29, 1.82) is 0 Å². The van der Waals surface area contributed by atoms with Crippen molar-refractivity contribution >= 4 is 17.2 Å². The van der Waals surface area contributed by atoms with Crippen LogP contribution >= 0.6 is 0 Å². The van der Waals surface area contributed by atoms with Crippen molar-refractivity contribution in [3.05, 3.63) is 38.8 Å². The van der Waals surface area contributed by atoms with Crippen molar-refractivity contribution in [3.8, 4) is 5.75 Å². The number of ketones is 1.